The Hall–Kier alpha value is -3.10. The number of piperazine rings is 1. The van der Waals surface area contributed by atoms with Gasteiger partial charge in [-0.3, -0.25) is 9.69 Å². The molecule has 4 rings (SSSR count). The predicted molar refractivity (Wildman–Crippen MR) is 122 cm³/mol. The zero-order valence-electron chi connectivity index (χ0n) is 18.2. The number of anilines is 1. The van der Waals surface area contributed by atoms with E-state index in [0.717, 1.165) is 17.0 Å². The fraction of sp³-hybridized carbons (Fsp3) is 0.417. The quantitative estimate of drug-likeness (QED) is 0.749. The van der Waals surface area contributed by atoms with Crippen LogP contribution in [0.3, 0.4) is 0 Å². The molecule has 0 aliphatic carbocycles. The molecule has 0 atom stereocenters. The second kappa shape index (κ2) is 11.0. The van der Waals surface area contributed by atoms with Crippen LogP contribution in [0.2, 0.25) is 0 Å². The molecule has 2 saturated heterocycles. The third kappa shape index (κ3) is 5.99. The molecule has 8 heteroatoms. The third-order valence-electron chi connectivity index (χ3n) is 5.78. The van der Waals surface area contributed by atoms with E-state index in [1.807, 2.05) is 59.5 Å². The van der Waals surface area contributed by atoms with Gasteiger partial charge in [-0.2, -0.15) is 0 Å². The average Bonchev–Trinajstić information content (AvgIpc) is 2.85. The molecule has 32 heavy (non-hydrogen) atoms. The third-order valence-corrected chi connectivity index (χ3v) is 5.78. The molecule has 2 aliphatic heterocycles. The summed E-state index contributed by atoms with van der Waals surface area (Å²) in [5.74, 6) is 0.926. The molecule has 3 amide bonds. The number of morpholine rings is 1. The molecule has 0 aromatic heterocycles. The van der Waals surface area contributed by atoms with Crippen molar-refractivity contribution in [2.24, 2.45) is 0 Å². The van der Waals surface area contributed by atoms with Gasteiger partial charge < -0.3 is 24.6 Å². The predicted octanol–water partition coefficient (Wildman–Crippen LogP) is 2.27. The first kappa shape index (κ1) is 22.1. The summed E-state index contributed by atoms with van der Waals surface area (Å²) in [7, 11) is 0. The van der Waals surface area contributed by atoms with Crippen LogP contribution in [0.1, 0.15) is 5.56 Å². The number of carbonyl (C=O) groups excluding carboxylic acids is 2. The highest BCUT2D eigenvalue weighted by molar-refractivity contribution is 5.90. The van der Waals surface area contributed by atoms with Crippen molar-refractivity contribution in [3.05, 3.63) is 60.2 Å². The fourth-order valence-electron chi connectivity index (χ4n) is 3.85. The topological polar surface area (TPSA) is 74.4 Å². The Morgan fingerprint density at radius 1 is 0.844 bits per heavy atom. The van der Waals surface area contributed by atoms with Crippen molar-refractivity contribution in [3.63, 3.8) is 0 Å². The van der Waals surface area contributed by atoms with Crippen LogP contribution < -0.4 is 10.1 Å². The van der Waals surface area contributed by atoms with Gasteiger partial charge in [-0.25, -0.2) is 4.79 Å². The normalized spacial score (nSPS) is 17.1. The van der Waals surface area contributed by atoms with Crippen LogP contribution in [0.4, 0.5) is 10.5 Å². The van der Waals surface area contributed by atoms with Crippen molar-refractivity contribution in [3.8, 4) is 5.75 Å². The van der Waals surface area contributed by atoms with Gasteiger partial charge in [0.25, 0.3) is 0 Å². The fourth-order valence-corrected chi connectivity index (χ4v) is 3.85. The lowest BCUT2D eigenvalue weighted by atomic mass is 10.2. The number of benzene rings is 2. The van der Waals surface area contributed by atoms with E-state index in [4.69, 9.17) is 9.47 Å². The van der Waals surface area contributed by atoms with Gasteiger partial charge in [-0.1, -0.05) is 36.4 Å². The molecule has 0 spiro atoms. The first-order valence-corrected chi connectivity index (χ1v) is 11.1. The monoisotopic (exact) mass is 438 g/mol. The van der Waals surface area contributed by atoms with Gasteiger partial charge in [0.2, 0.25) is 5.91 Å². The number of ether oxygens (including phenoxy) is 2. The number of urea groups is 1. The Morgan fingerprint density at radius 2 is 1.53 bits per heavy atom. The van der Waals surface area contributed by atoms with Gasteiger partial charge in [0.05, 0.1) is 19.8 Å². The maximum atomic E-state index is 12.8. The second-order valence-corrected chi connectivity index (χ2v) is 7.95. The molecule has 2 aromatic rings. The van der Waals surface area contributed by atoms with Crippen LogP contribution in [0.25, 0.3) is 0 Å². The van der Waals surface area contributed by atoms with Crippen molar-refractivity contribution < 1.29 is 19.1 Å². The van der Waals surface area contributed by atoms with E-state index in [9.17, 15) is 9.59 Å². The number of para-hydroxylation sites is 2. The highest BCUT2D eigenvalue weighted by Gasteiger charge is 2.25. The summed E-state index contributed by atoms with van der Waals surface area (Å²) in [6.07, 6.45) is 0. The van der Waals surface area contributed by atoms with Crippen molar-refractivity contribution >= 4 is 17.6 Å². The lowest BCUT2D eigenvalue weighted by Gasteiger charge is -2.36. The summed E-state index contributed by atoms with van der Waals surface area (Å²) in [6.45, 7) is 5.85. The lowest BCUT2D eigenvalue weighted by molar-refractivity contribution is -0.136. The molecule has 8 nitrogen and oxygen atoms in total. The Morgan fingerprint density at radius 3 is 2.28 bits per heavy atom. The molecule has 2 heterocycles. The molecule has 0 bridgehead atoms. The van der Waals surface area contributed by atoms with Crippen LogP contribution in [0.5, 0.6) is 5.75 Å². The summed E-state index contributed by atoms with van der Waals surface area (Å²) >= 11 is 0. The van der Waals surface area contributed by atoms with E-state index in [1.165, 1.54) is 0 Å². The first-order chi connectivity index (χ1) is 15.7. The Labute approximate surface area is 188 Å². The molecule has 170 valence electrons. The number of rotatable bonds is 6. The van der Waals surface area contributed by atoms with Crippen LogP contribution in [0.15, 0.2) is 54.6 Å². The van der Waals surface area contributed by atoms with E-state index in [2.05, 4.69) is 10.2 Å². The zero-order chi connectivity index (χ0) is 22.2. The summed E-state index contributed by atoms with van der Waals surface area (Å²) in [5.41, 5.74) is 1.66. The zero-order valence-corrected chi connectivity index (χ0v) is 18.2. The highest BCUT2D eigenvalue weighted by Crippen LogP contribution is 2.19. The number of nitrogens with one attached hydrogen (secondary N) is 1. The SMILES string of the molecule is O=C(CN1CCN(C(=O)Nc2ccccc2COc2ccccc2)CC1)N1CCOCC1. The summed E-state index contributed by atoms with van der Waals surface area (Å²) < 4.78 is 11.2. The van der Waals surface area contributed by atoms with Gasteiger partial charge in [0.15, 0.2) is 0 Å². The van der Waals surface area contributed by atoms with Gasteiger partial charge in [0.1, 0.15) is 12.4 Å². The Balaban J connectivity index is 1.25. The van der Waals surface area contributed by atoms with Crippen LogP contribution >= 0.6 is 0 Å². The molecule has 2 fully saturated rings. The van der Waals surface area contributed by atoms with E-state index in [1.54, 1.807) is 4.90 Å². The smallest absolute Gasteiger partial charge is 0.321 e. The molecule has 0 unspecified atom stereocenters. The number of amides is 3. The average molecular weight is 439 g/mol. The number of hydrogen-bond donors (Lipinski definition) is 1. The van der Waals surface area contributed by atoms with Crippen molar-refractivity contribution in [2.75, 3.05) is 64.3 Å². The first-order valence-electron chi connectivity index (χ1n) is 11.1. The molecule has 0 saturated carbocycles. The number of nitrogens with zero attached hydrogens (tertiary/aromatic N) is 3. The van der Waals surface area contributed by atoms with Gasteiger partial charge >= 0.3 is 6.03 Å². The molecule has 0 radical (unpaired) electrons. The van der Waals surface area contributed by atoms with Crippen molar-refractivity contribution in [2.45, 2.75) is 6.61 Å². The van der Waals surface area contributed by atoms with Gasteiger partial charge in [-0.15, -0.1) is 0 Å². The lowest BCUT2D eigenvalue weighted by Crippen LogP contribution is -2.53. The maximum absolute atomic E-state index is 12.8. The second-order valence-electron chi connectivity index (χ2n) is 7.95. The van der Waals surface area contributed by atoms with E-state index < -0.39 is 0 Å². The number of carbonyl (C=O) groups is 2. The minimum Gasteiger partial charge on any atom is -0.489 e. The van der Waals surface area contributed by atoms with Crippen LogP contribution in [-0.2, 0) is 16.1 Å². The molecular formula is C24H30N4O4. The van der Waals surface area contributed by atoms with Crippen LogP contribution in [-0.4, -0.2) is 85.7 Å². The van der Waals surface area contributed by atoms with E-state index in [-0.39, 0.29) is 11.9 Å². The molecular weight excluding hydrogens is 408 g/mol. The minimum atomic E-state index is -0.128. The maximum Gasteiger partial charge on any atom is 0.321 e. The van der Waals surface area contributed by atoms with E-state index in [0.29, 0.717) is 65.6 Å². The summed E-state index contributed by atoms with van der Waals surface area (Å²) in [5, 5.41) is 3.02. The van der Waals surface area contributed by atoms with Gasteiger partial charge in [0, 0.05) is 50.5 Å². The number of hydrogen-bond acceptors (Lipinski definition) is 5. The Kier molecular flexibility index (Phi) is 7.58. The van der Waals surface area contributed by atoms with Crippen molar-refractivity contribution in [1.82, 2.24) is 14.7 Å². The standard InChI is InChI=1S/C24H30N4O4/c29-23(27-14-16-31-17-15-27)18-26-10-12-28(13-11-26)24(30)25-22-9-5-4-6-20(22)19-32-21-7-2-1-3-8-21/h1-9H,10-19H2,(H,25,30). The Bertz CT molecular complexity index is 894. The van der Waals surface area contributed by atoms with E-state index >= 15 is 0 Å². The molecule has 2 aliphatic rings. The highest BCUT2D eigenvalue weighted by atomic mass is 16.5. The van der Waals surface area contributed by atoms with Gasteiger partial charge in [-0.05, 0) is 18.2 Å². The van der Waals surface area contributed by atoms with Crippen LogP contribution in [0, 0.1) is 0 Å². The molecule has 1 N–H and O–H groups in total. The summed E-state index contributed by atoms with van der Waals surface area (Å²) in [4.78, 5) is 31.1. The largest absolute Gasteiger partial charge is 0.489 e. The molecule has 2 aromatic carbocycles. The summed E-state index contributed by atoms with van der Waals surface area (Å²) in [6, 6.07) is 17.2. The van der Waals surface area contributed by atoms with Crippen molar-refractivity contribution in [1.29, 1.82) is 0 Å². The minimum absolute atomic E-state index is 0.128.